The fourth-order valence-electron chi connectivity index (χ4n) is 2.82. The highest BCUT2D eigenvalue weighted by atomic mass is 16.5. The molecule has 1 heterocycles. The molecular weight excluding hydrogens is 314 g/mol. The van der Waals surface area contributed by atoms with E-state index in [4.69, 9.17) is 4.52 Å². The lowest BCUT2D eigenvalue weighted by molar-refractivity contribution is 0.380. The Bertz CT molecular complexity index is 475. The SMILES string of the molecule is CCc1noc(CC)c1CNC(=NC)NCCCCCCCN(C)C. The van der Waals surface area contributed by atoms with Gasteiger partial charge in [-0.25, -0.2) is 0 Å². The summed E-state index contributed by atoms with van der Waals surface area (Å²) in [5, 5.41) is 10.9. The van der Waals surface area contributed by atoms with Gasteiger partial charge in [-0.05, 0) is 39.9 Å². The van der Waals surface area contributed by atoms with Gasteiger partial charge in [0.1, 0.15) is 5.76 Å². The van der Waals surface area contributed by atoms with E-state index >= 15 is 0 Å². The Morgan fingerprint density at radius 2 is 1.76 bits per heavy atom. The first-order chi connectivity index (χ1) is 12.1. The monoisotopic (exact) mass is 351 g/mol. The number of hydrogen-bond donors (Lipinski definition) is 2. The number of aromatic nitrogens is 1. The highest BCUT2D eigenvalue weighted by molar-refractivity contribution is 5.79. The largest absolute Gasteiger partial charge is 0.361 e. The number of nitrogens with one attached hydrogen (secondary N) is 2. The summed E-state index contributed by atoms with van der Waals surface area (Å²) in [7, 11) is 6.08. The number of hydrogen-bond acceptors (Lipinski definition) is 4. The van der Waals surface area contributed by atoms with Crippen molar-refractivity contribution < 1.29 is 4.52 Å². The Morgan fingerprint density at radius 1 is 1.04 bits per heavy atom. The minimum absolute atomic E-state index is 0.708. The van der Waals surface area contributed by atoms with Crippen LogP contribution in [0.3, 0.4) is 0 Å². The number of aliphatic imine (C=N–C) groups is 1. The van der Waals surface area contributed by atoms with Gasteiger partial charge in [-0.3, -0.25) is 4.99 Å². The second-order valence-corrected chi connectivity index (χ2v) is 6.66. The maximum Gasteiger partial charge on any atom is 0.191 e. The van der Waals surface area contributed by atoms with Crippen LogP contribution >= 0.6 is 0 Å². The second kappa shape index (κ2) is 12.8. The summed E-state index contributed by atoms with van der Waals surface area (Å²) in [6, 6.07) is 0. The Balaban J connectivity index is 2.22. The predicted molar refractivity (Wildman–Crippen MR) is 105 cm³/mol. The van der Waals surface area contributed by atoms with E-state index in [0.717, 1.165) is 36.8 Å². The summed E-state index contributed by atoms with van der Waals surface area (Å²) < 4.78 is 5.41. The molecule has 0 fully saturated rings. The van der Waals surface area contributed by atoms with E-state index in [9.17, 15) is 0 Å². The minimum Gasteiger partial charge on any atom is -0.361 e. The van der Waals surface area contributed by atoms with E-state index in [-0.39, 0.29) is 0 Å². The molecule has 1 aromatic heterocycles. The first-order valence-electron chi connectivity index (χ1n) is 9.67. The standard InChI is InChI=1S/C19H37N5O/c1-6-17-16(18(7-2)25-23-17)15-22-19(20-3)21-13-11-9-8-10-12-14-24(4)5/h6-15H2,1-5H3,(H2,20,21,22). The lowest BCUT2D eigenvalue weighted by atomic mass is 10.1. The first kappa shape index (κ1) is 21.5. The van der Waals surface area contributed by atoms with E-state index in [1.807, 2.05) is 7.05 Å². The van der Waals surface area contributed by atoms with E-state index in [1.54, 1.807) is 0 Å². The van der Waals surface area contributed by atoms with Crippen LogP contribution in [0.4, 0.5) is 0 Å². The van der Waals surface area contributed by atoms with Crippen molar-refractivity contribution in [3.63, 3.8) is 0 Å². The molecule has 0 saturated heterocycles. The molecule has 0 unspecified atom stereocenters. The predicted octanol–water partition coefficient (Wildman–Crippen LogP) is 2.98. The van der Waals surface area contributed by atoms with Crippen molar-refractivity contribution >= 4 is 5.96 Å². The molecular formula is C19H37N5O. The Morgan fingerprint density at radius 3 is 2.40 bits per heavy atom. The van der Waals surface area contributed by atoms with Crippen LogP contribution in [0.1, 0.15) is 63.0 Å². The van der Waals surface area contributed by atoms with E-state index in [0.29, 0.717) is 6.54 Å². The second-order valence-electron chi connectivity index (χ2n) is 6.66. The van der Waals surface area contributed by atoms with Crippen LogP contribution in [0.15, 0.2) is 9.52 Å². The maximum atomic E-state index is 5.41. The van der Waals surface area contributed by atoms with Crippen LogP contribution in [-0.4, -0.2) is 50.2 Å². The topological polar surface area (TPSA) is 65.7 Å². The fourth-order valence-corrected chi connectivity index (χ4v) is 2.82. The van der Waals surface area contributed by atoms with E-state index in [2.05, 4.69) is 53.6 Å². The molecule has 144 valence electrons. The van der Waals surface area contributed by atoms with Gasteiger partial charge in [0.2, 0.25) is 0 Å². The van der Waals surface area contributed by atoms with Gasteiger partial charge in [-0.2, -0.15) is 0 Å². The molecule has 0 aromatic carbocycles. The number of aryl methyl sites for hydroxylation is 2. The Kier molecular flexibility index (Phi) is 11.0. The Labute approximate surface area is 153 Å². The van der Waals surface area contributed by atoms with E-state index < -0.39 is 0 Å². The van der Waals surface area contributed by atoms with Crippen molar-refractivity contribution in [3.05, 3.63) is 17.0 Å². The summed E-state index contributed by atoms with van der Waals surface area (Å²) in [6.07, 6.45) is 8.12. The van der Waals surface area contributed by atoms with Crippen molar-refractivity contribution in [2.75, 3.05) is 34.2 Å². The Hall–Kier alpha value is -1.56. The summed E-state index contributed by atoms with van der Waals surface area (Å²) in [5.41, 5.74) is 2.21. The zero-order chi connectivity index (χ0) is 18.5. The van der Waals surface area contributed by atoms with Crippen molar-refractivity contribution in [1.29, 1.82) is 0 Å². The summed E-state index contributed by atoms with van der Waals surface area (Å²) in [5.74, 6) is 1.82. The fraction of sp³-hybridized carbons (Fsp3) is 0.789. The molecule has 0 amide bonds. The van der Waals surface area contributed by atoms with Gasteiger partial charge in [0.25, 0.3) is 0 Å². The van der Waals surface area contributed by atoms with E-state index in [1.165, 1.54) is 44.2 Å². The average molecular weight is 352 g/mol. The lowest BCUT2D eigenvalue weighted by Gasteiger charge is -2.12. The lowest BCUT2D eigenvalue weighted by Crippen LogP contribution is -2.37. The highest BCUT2D eigenvalue weighted by Crippen LogP contribution is 2.15. The van der Waals surface area contributed by atoms with Crippen LogP contribution in [0.2, 0.25) is 0 Å². The van der Waals surface area contributed by atoms with Gasteiger partial charge in [0.05, 0.1) is 5.69 Å². The molecule has 0 aliphatic carbocycles. The number of unbranched alkanes of at least 4 members (excludes halogenated alkanes) is 4. The first-order valence-corrected chi connectivity index (χ1v) is 9.67. The summed E-state index contributed by atoms with van der Waals surface area (Å²) in [6.45, 7) is 7.05. The third kappa shape index (κ3) is 8.38. The zero-order valence-corrected chi connectivity index (χ0v) is 16.8. The van der Waals surface area contributed by atoms with Gasteiger partial charge < -0.3 is 20.1 Å². The molecule has 0 bridgehead atoms. The van der Waals surface area contributed by atoms with Gasteiger partial charge >= 0.3 is 0 Å². The highest BCUT2D eigenvalue weighted by Gasteiger charge is 2.13. The molecule has 0 aliphatic rings. The van der Waals surface area contributed by atoms with Crippen molar-refractivity contribution in [2.45, 2.75) is 65.3 Å². The van der Waals surface area contributed by atoms with Crippen LogP contribution in [0.5, 0.6) is 0 Å². The van der Waals surface area contributed by atoms with Crippen molar-refractivity contribution in [3.8, 4) is 0 Å². The maximum absolute atomic E-state index is 5.41. The molecule has 25 heavy (non-hydrogen) atoms. The third-order valence-corrected chi connectivity index (χ3v) is 4.34. The van der Waals surface area contributed by atoms with Crippen LogP contribution in [-0.2, 0) is 19.4 Å². The van der Waals surface area contributed by atoms with Crippen molar-refractivity contribution in [1.82, 2.24) is 20.7 Å². The summed E-state index contributed by atoms with van der Waals surface area (Å²) in [4.78, 5) is 6.55. The van der Waals surface area contributed by atoms with Gasteiger partial charge in [-0.15, -0.1) is 0 Å². The van der Waals surface area contributed by atoms with Gasteiger partial charge in [-0.1, -0.05) is 38.3 Å². The molecule has 6 heteroatoms. The molecule has 0 saturated carbocycles. The van der Waals surface area contributed by atoms with Gasteiger partial charge in [0.15, 0.2) is 5.96 Å². The molecule has 1 aromatic rings. The van der Waals surface area contributed by atoms with Crippen LogP contribution < -0.4 is 10.6 Å². The smallest absolute Gasteiger partial charge is 0.191 e. The minimum atomic E-state index is 0.708. The molecule has 1 rings (SSSR count). The molecule has 2 N–H and O–H groups in total. The normalized spacial score (nSPS) is 12.0. The number of nitrogens with zero attached hydrogens (tertiary/aromatic N) is 3. The summed E-state index contributed by atoms with van der Waals surface area (Å²) >= 11 is 0. The molecule has 0 atom stereocenters. The average Bonchev–Trinajstić information content (AvgIpc) is 3.01. The number of guanidine groups is 1. The van der Waals surface area contributed by atoms with Crippen molar-refractivity contribution in [2.24, 2.45) is 4.99 Å². The quantitative estimate of drug-likeness (QED) is 0.344. The molecule has 0 aliphatic heterocycles. The molecule has 0 spiro atoms. The zero-order valence-electron chi connectivity index (χ0n) is 16.8. The van der Waals surface area contributed by atoms with Gasteiger partial charge in [0, 0.05) is 32.1 Å². The number of rotatable bonds is 12. The van der Waals surface area contributed by atoms with Crippen LogP contribution in [0, 0.1) is 0 Å². The van der Waals surface area contributed by atoms with Crippen LogP contribution in [0.25, 0.3) is 0 Å². The third-order valence-electron chi connectivity index (χ3n) is 4.34. The molecule has 0 radical (unpaired) electrons. The molecule has 6 nitrogen and oxygen atoms in total.